The molecule has 2 nitrogen and oxygen atoms in total. The molecule has 0 N–H and O–H groups in total. The van der Waals surface area contributed by atoms with E-state index in [4.69, 9.17) is 0 Å². The molecule has 1 fully saturated rings. The molecule has 0 radical (unpaired) electrons. The van der Waals surface area contributed by atoms with Crippen LogP contribution < -0.4 is 0 Å². The van der Waals surface area contributed by atoms with Gasteiger partial charge in [0.2, 0.25) is 0 Å². The molecule has 1 amide bonds. The predicted molar refractivity (Wildman–Crippen MR) is 69.0 cm³/mol. The zero-order chi connectivity index (χ0) is 12.4. The molecule has 0 bridgehead atoms. The van der Waals surface area contributed by atoms with Gasteiger partial charge in [-0.2, -0.15) is 0 Å². The third-order valence-corrected chi connectivity index (χ3v) is 3.98. The standard InChI is InChI=1S/C13H15BrFNO/c1-9-4-5-10(7-12(9)15)13(17)16-6-2-3-11(16)8-14/h4-5,7,11H,2-3,6,8H2,1H3. The van der Waals surface area contributed by atoms with Crippen molar-refractivity contribution in [2.45, 2.75) is 25.8 Å². The second kappa shape index (κ2) is 5.17. The minimum absolute atomic E-state index is 0.0640. The number of rotatable bonds is 2. The van der Waals surface area contributed by atoms with Crippen LogP contribution in [0.3, 0.4) is 0 Å². The monoisotopic (exact) mass is 299 g/mol. The molecule has 17 heavy (non-hydrogen) atoms. The molecule has 0 spiro atoms. The lowest BCUT2D eigenvalue weighted by Gasteiger charge is -2.23. The molecular formula is C13H15BrFNO. The molecule has 4 heteroatoms. The molecule has 1 aromatic rings. The van der Waals surface area contributed by atoms with E-state index in [9.17, 15) is 9.18 Å². The number of aryl methyl sites for hydroxylation is 1. The fourth-order valence-electron chi connectivity index (χ4n) is 2.16. The molecule has 1 heterocycles. The molecular weight excluding hydrogens is 285 g/mol. The maximum atomic E-state index is 13.4. The quantitative estimate of drug-likeness (QED) is 0.768. The summed E-state index contributed by atoms with van der Waals surface area (Å²) in [6.45, 7) is 2.46. The Kier molecular flexibility index (Phi) is 3.82. The van der Waals surface area contributed by atoms with E-state index in [1.165, 1.54) is 6.07 Å². The first kappa shape index (κ1) is 12.6. The lowest BCUT2D eigenvalue weighted by Crippen LogP contribution is -2.36. The van der Waals surface area contributed by atoms with E-state index in [1.54, 1.807) is 19.1 Å². The smallest absolute Gasteiger partial charge is 0.254 e. The average molecular weight is 300 g/mol. The third-order valence-electron chi connectivity index (χ3n) is 3.23. The van der Waals surface area contributed by atoms with Crippen LogP contribution in [0.15, 0.2) is 18.2 Å². The summed E-state index contributed by atoms with van der Waals surface area (Å²) in [7, 11) is 0. The van der Waals surface area contributed by atoms with Crippen LogP contribution in [-0.4, -0.2) is 28.7 Å². The fourth-order valence-corrected chi connectivity index (χ4v) is 2.83. The molecule has 1 saturated heterocycles. The van der Waals surface area contributed by atoms with Gasteiger partial charge in [0.1, 0.15) is 5.82 Å². The highest BCUT2D eigenvalue weighted by atomic mass is 79.9. The van der Waals surface area contributed by atoms with Gasteiger partial charge < -0.3 is 4.90 Å². The Morgan fingerprint density at radius 3 is 3.00 bits per heavy atom. The summed E-state index contributed by atoms with van der Waals surface area (Å²) in [4.78, 5) is 14.1. The van der Waals surface area contributed by atoms with Gasteiger partial charge in [0.25, 0.3) is 5.91 Å². The lowest BCUT2D eigenvalue weighted by atomic mass is 10.1. The Morgan fingerprint density at radius 2 is 2.35 bits per heavy atom. The first-order valence-electron chi connectivity index (χ1n) is 5.76. The maximum Gasteiger partial charge on any atom is 0.254 e. The van der Waals surface area contributed by atoms with E-state index < -0.39 is 0 Å². The van der Waals surface area contributed by atoms with Crippen molar-refractivity contribution >= 4 is 21.8 Å². The van der Waals surface area contributed by atoms with Crippen LogP contribution in [0.1, 0.15) is 28.8 Å². The van der Waals surface area contributed by atoms with Gasteiger partial charge in [0.15, 0.2) is 0 Å². The molecule has 0 aliphatic carbocycles. The maximum absolute atomic E-state index is 13.4. The number of hydrogen-bond acceptors (Lipinski definition) is 1. The number of alkyl halides is 1. The summed E-state index contributed by atoms with van der Waals surface area (Å²) in [6.07, 6.45) is 2.04. The zero-order valence-corrected chi connectivity index (χ0v) is 11.3. The minimum atomic E-state index is -0.314. The first-order valence-corrected chi connectivity index (χ1v) is 6.88. The minimum Gasteiger partial charge on any atom is -0.335 e. The average Bonchev–Trinajstić information content (AvgIpc) is 2.80. The van der Waals surface area contributed by atoms with Crippen LogP contribution in [0.4, 0.5) is 4.39 Å². The van der Waals surface area contributed by atoms with Crippen LogP contribution in [-0.2, 0) is 0 Å². The second-order valence-electron chi connectivity index (χ2n) is 4.41. The van der Waals surface area contributed by atoms with E-state index in [2.05, 4.69) is 15.9 Å². The Bertz CT molecular complexity index is 435. The van der Waals surface area contributed by atoms with Crippen LogP contribution in [0.5, 0.6) is 0 Å². The number of hydrogen-bond donors (Lipinski definition) is 0. The third kappa shape index (κ3) is 2.51. The van der Waals surface area contributed by atoms with Crippen molar-refractivity contribution < 1.29 is 9.18 Å². The Hall–Kier alpha value is -0.900. The molecule has 1 aromatic carbocycles. The highest BCUT2D eigenvalue weighted by Crippen LogP contribution is 2.22. The fraction of sp³-hybridized carbons (Fsp3) is 0.462. The van der Waals surface area contributed by atoms with Crippen molar-refractivity contribution in [3.05, 3.63) is 35.1 Å². The summed E-state index contributed by atoms with van der Waals surface area (Å²) >= 11 is 3.42. The second-order valence-corrected chi connectivity index (χ2v) is 5.06. The summed E-state index contributed by atoms with van der Waals surface area (Å²) < 4.78 is 13.4. The summed E-state index contributed by atoms with van der Waals surface area (Å²) in [5.74, 6) is -0.378. The Balaban J connectivity index is 2.21. The zero-order valence-electron chi connectivity index (χ0n) is 9.75. The largest absolute Gasteiger partial charge is 0.335 e. The first-order chi connectivity index (χ1) is 8.13. The van der Waals surface area contributed by atoms with Gasteiger partial charge in [-0.25, -0.2) is 4.39 Å². The predicted octanol–water partition coefficient (Wildman–Crippen LogP) is 3.13. The van der Waals surface area contributed by atoms with Crippen molar-refractivity contribution in [2.75, 3.05) is 11.9 Å². The molecule has 0 saturated carbocycles. The SMILES string of the molecule is Cc1ccc(C(=O)N2CCCC2CBr)cc1F. The molecule has 1 aliphatic heterocycles. The summed E-state index contributed by atoms with van der Waals surface area (Å²) in [6, 6.07) is 4.93. The van der Waals surface area contributed by atoms with Gasteiger partial charge in [0.05, 0.1) is 0 Å². The molecule has 1 atom stereocenters. The molecule has 1 aliphatic rings. The van der Waals surface area contributed by atoms with Crippen molar-refractivity contribution in [1.29, 1.82) is 0 Å². The van der Waals surface area contributed by atoms with Gasteiger partial charge in [-0.1, -0.05) is 22.0 Å². The number of carbonyl (C=O) groups excluding carboxylic acids is 1. The van der Waals surface area contributed by atoms with Crippen molar-refractivity contribution in [3.8, 4) is 0 Å². The van der Waals surface area contributed by atoms with Crippen molar-refractivity contribution in [3.63, 3.8) is 0 Å². The van der Waals surface area contributed by atoms with Gasteiger partial charge in [-0.05, 0) is 37.5 Å². The molecule has 2 rings (SSSR count). The number of benzene rings is 1. The van der Waals surface area contributed by atoms with E-state index in [0.717, 1.165) is 24.7 Å². The summed E-state index contributed by atoms with van der Waals surface area (Å²) in [5, 5.41) is 0.785. The molecule has 92 valence electrons. The molecule has 1 unspecified atom stereocenters. The topological polar surface area (TPSA) is 20.3 Å². The van der Waals surface area contributed by atoms with Crippen molar-refractivity contribution in [1.82, 2.24) is 4.90 Å². The van der Waals surface area contributed by atoms with E-state index >= 15 is 0 Å². The van der Waals surface area contributed by atoms with Gasteiger partial charge in [0, 0.05) is 23.5 Å². The Morgan fingerprint density at radius 1 is 1.59 bits per heavy atom. The van der Waals surface area contributed by atoms with Gasteiger partial charge in [-0.3, -0.25) is 4.79 Å². The number of nitrogens with zero attached hydrogens (tertiary/aromatic N) is 1. The van der Waals surface area contributed by atoms with Crippen LogP contribution in [0.2, 0.25) is 0 Å². The Labute approximate surface area is 109 Å². The summed E-state index contributed by atoms with van der Waals surface area (Å²) in [5.41, 5.74) is 1.01. The number of likely N-dealkylation sites (tertiary alicyclic amines) is 1. The number of halogens is 2. The molecule has 0 aromatic heterocycles. The van der Waals surface area contributed by atoms with Crippen LogP contribution in [0.25, 0.3) is 0 Å². The highest BCUT2D eigenvalue weighted by molar-refractivity contribution is 9.09. The van der Waals surface area contributed by atoms with E-state index in [-0.39, 0.29) is 17.8 Å². The van der Waals surface area contributed by atoms with Crippen LogP contribution >= 0.6 is 15.9 Å². The van der Waals surface area contributed by atoms with Crippen molar-refractivity contribution in [2.24, 2.45) is 0 Å². The highest BCUT2D eigenvalue weighted by Gasteiger charge is 2.28. The number of amides is 1. The van der Waals surface area contributed by atoms with Crippen LogP contribution in [0, 0.1) is 12.7 Å². The normalized spacial score (nSPS) is 19.7. The van der Waals surface area contributed by atoms with E-state index in [1.807, 2.05) is 4.90 Å². The lowest BCUT2D eigenvalue weighted by molar-refractivity contribution is 0.0750. The van der Waals surface area contributed by atoms with Gasteiger partial charge >= 0.3 is 0 Å². The van der Waals surface area contributed by atoms with Gasteiger partial charge in [-0.15, -0.1) is 0 Å². The number of carbonyl (C=O) groups is 1. The van der Waals surface area contributed by atoms with E-state index in [0.29, 0.717) is 11.1 Å².